The van der Waals surface area contributed by atoms with Crippen molar-refractivity contribution in [2.75, 3.05) is 19.7 Å². The summed E-state index contributed by atoms with van der Waals surface area (Å²) < 4.78 is 33.4. The highest BCUT2D eigenvalue weighted by molar-refractivity contribution is 7.87. The molecule has 1 aromatic heterocycles. The minimum Gasteiger partial charge on any atom is -0.396 e. The van der Waals surface area contributed by atoms with Crippen LogP contribution < -0.4 is 4.72 Å². The fraction of sp³-hybridized carbons (Fsp3) is 0.750. The normalized spacial score (nSPS) is 18.6. The molecular weight excluding hydrogens is 282 g/mol. The Labute approximate surface area is 119 Å². The van der Waals surface area contributed by atoms with Gasteiger partial charge in [-0.3, -0.25) is 0 Å². The molecular formula is C12H21N3O4S. The molecule has 2 N–H and O–H groups in total. The lowest BCUT2D eigenvalue weighted by atomic mass is 10.00. The van der Waals surface area contributed by atoms with E-state index in [0.29, 0.717) is 37.4 Å². The summed E-state index contributed by atoms with van der Waals surface area (Å²) in [5, 5.41) is 12.9. The van der Waals surface area contributed by atoms with Crippen molar-refractivity contribution in [2.24, 2.45) is 5.92 Å². The van der Waals surface area contributed by atoms with Crippen LogP contribution in [0, 0.1) is 19.8 Å². The zero-order chi connectivity index (χ0) is 14.8. The predicted octanol–water partition coefficient (Wildman–Crippen LogP) is 0.330. The number of hydrogen-bond acceptors (Lipinski definition) is 5. The van der Waals surface area contributed by atoms with E-state index in [1.165, 1.54) is 4.31 Å². The van der Waals surface area contributed by atoms with Crippen molar-refractivity contribution in [3.05, 3.63) is 17.0 Å². The van der Waals surface area contributed by atoms with Gasteiger partial charge in [0.1, 0.15) is 5.76 Å². The van der Waals surface area contributed by atoms with Crippen LogP contribution in [-0.4, -0.2) is 42.7 Å². The van der Waals surface area contributed by atoms with Crippen LogP contribution in [0.4, 0.5) is 0 Å². The Hall–Kier alpha value is -0.960. The highest BCUT2D eigenvalue weighted by Gasteiger charge is 2.27. The van der Waals surface area contributed by atoms with Crippen LogP contribution >= 0.6 is 0 Å². The highest BCUT2D eigenvalue weighted by atomic mass is 32.2. The molecule has 0 saturated carbocycles. The largest absolute Gasteiger partial charge is 0.396 e. The Bertz CT molecular complexity index is 528. The van der Waals surface area contributed by atoms with E-state index in [-0.39, 0.29) is 19.1 Å². The number of nitrogens with one attached hydrogen (secondary N) is 1. The molecule has 2 heterocycles. The van der Waals surface area contributed by atoms with Gasteiger partial charge in [0.15, 0.2) is 0 Å². The molecule has 0 atom stereocenters. The first-order chi connectivity index (χ1) is 9.44. The van der Waals surface area contributed by atoms with Gasteiger partial charge in [0.25, 0.3) is 10.2 Å². The van der Waals surface area contributed by atoms with Gasteiger partial charge < -0.3 is 9.63 Å². The second kappa shape index (κ2) is 6.21. The van der Waals surface area contributed by atoms with Crippen molar-refractivity contribution >= 4 is 10.2 Å². The third-order valence-electron chi connectivity index (χ3n) is 3.78. The average molecular weight is 303 g/mol. The quantitative estimate of drug-likeness (QED) is 0.817. The molecule has 0 aliphatic carbocycles. The van der Waals surface area contributed by atoms with Gasteiger partial charge in [-0.15, -0.1) is 0 Å². The van der Waals surface area contributed by atoms with Crippen LogP contribution in [0.15, 0.2) is 4.52 Å². The molecule has 1 saturated heterocycles. The molecule has 0 unspecified atom stereocenters. The van der Waals surface area contributed by atoms with Crippen LogP contribution in [-0.2, 0) is 16.8 Å². The van der Waals surface area contributed by atoms with Crippen molar-refractivity contribution < 1.29 is 18.0 Å². The first-order valence-corrected chi connectivity index (χ1v) is 8.15. The Morgan fingerprint density at radius 2 is 2.05 bits per heavy atom. The molecule has 0 amide bonds. The SMILES string of the molecule is Cc1noc(C)c1CNS(=O)(=O)N1CCC(CO)CC1. The van der Waals surface area contributed by atoms with E-state index >= 15 is 0 Å². The molecule has 0 aromatic carbocycles. The van der Waals surface area contributed by atoms with E-state index in [4.69, 9.17) is 9.63 Å². The Kier molecular flexibility index (Phi) is 4.79. The number of nitrogens with zero attached hydrogens (tertiary/aromatic N) is 2. The van der Waals surface area contributed by atoms with Crippen molar-refractivity contribution in [3.63, 3.8) is 0 Å². The van der Waals surface area contributed by atoms with Crippen molar-refractivity contribution in [1.82, 2.24) is 14.2 Å². The summed E-state index contributed by atoms with van der Waals surface area (Å²) in [6.45, 7) is 4.75. The Morgan fingerprint density at radius 3 is 2.55 bits per heavy atom. The Balaban J connectivity index is 1.95. The summed E-state index contributed by atoms with van der Waals surface area (Å²) in [4.78, 5) is 0. The minimum absolute atomic E-state index is 0.125. The van der Waals surface area contributed by atoms with Gasteiger partial charge >= 0.3 is 0 Å². The van der Waals surface area contributed by atoms with E-state index in [2.05, 4.69) is 9.88 Å². The monoisotopic (exact) mass is 303 g/mol. The number of aliphatic hydroxyl groups is 1. The molecule has 2 rings (SSSR count). The van der Waals surface area contributed by atoms with Crippen LogP contribution in [0.1, 0.15) is 29.9 Å². The van der Waals surface area contributed by atoms with Crippen molar-refractivity contribution in [1.29, 1.82) is 0 Å². The van der Waals surface area contributed by atoms with Crippen LogP contribution in [0.25, 0.3) is 0 Å². The summed E-state index contributed by atoms with van der Waals surface area (Å²) >= 11 is 0. The van der Waals surface area contributed by atoms with E-state index in [9.17, 15) is 8.42 Å². The standard InChI is InChI=1S/C12H21N3O4S/c1-9-12(10(2)19-14-9)7-13-20(17,18)15-5-3-11(8-16)4-6-15/h11,13,16H,3-8H2,1-2H3. The number of piperidine rings is 1. The molecule has 1 aromatic rings. The van der Waals surface area contributed by atoms with Crippen molar-refractivity contribution in [3.8, 4) is 0 Å². The van der Waals surface area contributed by atoms with E-state index in [1.54, 1.807) is 13.8 Å². The second-order valence-corrected chi connectivity index (χ2v) is 6.91. The first kappa shape index (κ1) is 15.4. The third kappa shape index (κ3) is 3.38. The van der Waals surface area contributed by atoms with Gasteiger partial charge in [0, 0.05) is 31.8 Å². The molecule has 1 aliphatic heterocycles. The maximum absolute atomic E-state index is 12.2. The van der Waals surface area contributed by atoms with E-state index in [0.717, 1.165) is 5.56 Å². The summed E-state index contributed by atoms with van der Waals surface area (Å²) in [6.07, 6.45) is 1.39. The zero-order valence-corrected chi connectivity index (χ0v) is 12.6. The van der Waals surface area contributed by atoms with Gasteiger partial charge in [-0.1, -0.05) is 5.16 Å². The topological polar surface area (TPSA) is 95.7 Å². The number of aryl methyl sites for hydroxylation is 2. The molecule has 114 valence electrons. The van der Waals surface area contributed by atoms with Gasteiger partial charge in [-0.05, 0) is 32.6 Å². The lowest BCUT2D eigenvalue weighted by molar-refractivity contribution is 0.169. The van der Waals surface area contributed by atoms with Gasteiger partial charge in [-0.2, -0.15) is 17.4 Å². The number of aliphatic hydroxyl groups excluding tert-OH is 1. The lowest BCUT2D eigenvalue weighted by Gasteiger charge is -2.30. The molecule has 1 aliphatic rings. The van der Waals surface area contributed by atoms with Crippen molar-refractivity contribution in [2.45, 2.75) is 33.2 Å². The van der Waals surface area contributed by atoms with E-state index < -0.39 is 10.2 Å². The Morgan fingerprint density at radius 1 is 1.40 bits per heavy atom. The molecule has 1 fully saturated rings. The number of rotatable bonds is 5. The molecule has 7 nitrogen and oxygen atoms in total. The van der Waals surface area contributed by atoms with Crippen LogP contribution in [0.3, 0.4) is 0 Å². The van der Waals surface area contributed by atoms with Gasteiger partial charge in [0.05, 0.1) is 5.69 Å². The maximum Gasteiger partial charge on any atom is 0.279 e. The zero-order valence-electron chi connectivity index (χ0n) is 11.8. The highest BCUT2D eigenvalue weighted by Crippen LogP contribution is 2.19. The summed E-state index contributed by atoms with van der Waals surface area (Å²) in [5.41, 5.74) is 1.48. The fourth-order valence-electron chi connectivity index (χ4n) is 2.34. The number of aromatic nitrogens is 1. The summed E-state index contributed by atoms with van der Waals surface area (Å²) in [5.74, 6) is 0.841. The van der Waals surface area contributed by atoms with Crippen LogP contribution in [0.5, 0.6) is 0 Å². The molecule has 0 radical (unpaired) electrons. The van der Waals surface area contributed by atoms with E-state index in [1.807, 2.05) is 0 Å². The molecule has 20 heavy (non-hydrogen) atoms. The van der Waals surface area contributed by atoms with Crippen LogP contribution in [0.2, 0.25) is 0 Å². The first-order valence-electron chi connectivity index (χ1n) is 6.71. The molecule has 0 bridgehead atoms. The lowest BCUT2D eigenvalue weighted by Crippen LogP contribution is -2.45. The maximum atomic E-state index is 12.2. The van der Waals surface area contributed by atoms with Gasteiger partial charge in [-0.25, -0.2) is 0 Å². The molecule has 0 spiro atoms. The third-order valence-corrected chi connectivity index (χ3v) is 5.34. The second-order valence-electron chi connectivity index (χ2n) is 5.15. The minimum atomic E-state index is -3.49. The average Bonchev–Trinajstić information content (AvgIpc) is 2.76. The van der Waals surface area contributed by atoms with Gasteiger partial charge in [0.2, 0.25) is 0 Å². The summed E-state index contributed by atoms with van der Waals surface area (Å²) in [6, 6.07) is 0. The predicted molar refractivity (Wildman–Crippen MR) is 73.1 cm³/mol. The smallest absolute Gasteiger partial charge is 0.279 e. The molecule has 8 heteroatoms. The fourth-order valence-corrected chi connectivity index (χ4v) is 3.54. The summed E-state index contributed by atoms with van der Waals surface area (Å²) in [7, 11) is -3.49. The number of hydrogen-bond donors (Lipinski definition) is 2.